The first-order valence-electron chi connectivity index (χ1n) is 4.01. The van der Waals surface area contributed by atoms with Crippen molar-refractivity contribution in [3.8, 4) is 0 Å². The lowest BCUT2D eigenvalue weighted by atomic mass is 10.5. The van der Waals surface area contributed by atoms with Crippen LogP contribution in [0.3, 0.4) is 0 Å². The summed E-state index contributed by atoms with van der Waals surface area (Å²) >= 11 is 0. The van der Waals surface area contributed by atoms with Gasteiger partial charge >= 0.3 is 0 Å². The molecule has 6 heteroatoms. The van der Waals surface area contributed by atoms with Gasteiger partial charge < -0.3 is 9.84 Å². The van der Waals surface area contributed by atoms with E-state index in [1.165, 1.54) is 0 Å². The van der Waals surface area contributed by atoms with Crippen molar-refractivity contribution >= 4 is 5.96 Å². The Hall–Kier alpha value is -1.56. The SMILES string of the molecule is CCNC(=NCc1ccno1)NN. The third-order valence-corrected chi connectivity index (χ3v) is 1.37. The Morgan fingerprint density at radius 3 is 3.15 bits per heavy atom. The highest BCUT2D eigenvalue weighted by molar-refractivity contribution is 5.78. The van der Waals surface area contributed by atoms with Crippen LogP contribution in [0, 0.1) is 0 Å². The molecule has 0 spiro atoms. The molecule has 0 saturated carbocycles. The van der Waals surface area contributed by atoms with Crippen LogP contribution in [-0.2, 0) is 6.54 Å². The Labute approximate surface area is 76.2 Å². The van der Waals surface area contributed by atoms with Crippen LogP contribution in [0.1, 0.15) is 12.7 Å². The van der Waals surface area contributed by atoms with Crippen LogP contribution in [0.2, 0.25) is 0 Å². The first-order valence-corrected chi connectivity index (χ1v) is 4.01. The highest BCUT2D eigenvalue weighted by Gasteiger charge is 1.96. The molecule has 0 aromatic carbocycles. The van der Waals surface area contributed by atoms with Gasteiger partial charge in [0, 0.05) is 12.6 Å². The Balaban J connectivity index is 2.45. The van der Waals surface area contributed by atoms with Crippen molar-refractivity contribution in [1.29, 1.82) is 0 Å². The lowest BCUT2D eigenvalue weighted by Crippen LogP contribution is -2.41. The van der Waals surface area contributed by atoms with Crippen LogP contribution in [0.5, 0.6) is 0 Å². The molecule has 0 aliphatic carbocycles. The molecule has 0 amide bonds. The summed E-state index contributed by atoms with van der Waals surface area (Å²) in [6, 6.07) is 1.75. The second-order valence-corrected chi connectivity index (χ2v) is 2.32. The molecule has 6 nitrogen and oxygen atoms in total. The minimum Gasteiger partial charge on any atom is -0.359 e. The molecule has 1 heterocycles. The first-order chi connectivity index (χ1) is 6.36. The van der Waals surface area contributed by atoms with Gasteiger partial charge in [-0.05, 0) is 6.92 Å². The first kappa shape index (κ1) is 9.53. The Bertz CT molecular complexity index is 256. The van der Waals surface area contributed by atoms with Crippen LogP contribution in [-0.4, -0.2) is 17.7 Å². The molecule has 0 aliphatic heterocycles. The number of nitrogens with zero attached hydrogens (tertiary/aromatic N) is 2. The van der Waals surface area contributed by atoms with Crippen molar-refractivity contribution in [3.63, 3.8) is 0 Å². The number of nitrogens with two attached hydrogens (primary N) is 1. The molecular weight excluding hydrogens is 170 g/mol. The fraction of sp³-hybridized carbons (Fsp3) is 0.429. The maximum atomic E-state index is 5.21. The zero-order valence-corrected chi connectivity index (χ0v) is 7.45. The standard InChI is InChI=1S/C7H13N5O/c1-2-9-7(12-8)10-5-6-3-4-11-13-6/h3-4H,2,5,8H2,1H3,(H2,9,10,12). The maximum absolute atomic E-state index is 5.21. The zero-order chi connectivity index (χ0) is 9.52. The van der Waals surface area contributed by atoms with Crippen LogP contribution in [0.4, 0.5) is 0 Å². The van der Waals surface area contributed by atoms with Gasteiger partial charge in [0.1, 0.15) is 6.54 Å². The molecule has 0 bridgehead atoms. The van der Waals surface area contributed by atoms with E-state index in [2.05, 4.69) is 20.9 Å². The predicted molar refractivity (Wildman–Crippen MR) is 48.6 cm³/mol. The summed E-state index contributed by atoms with van der Waals surface area (Å²) in [7, 11) is 0. The summed E-state index contributed by atoms with van der Waals surface area (Å²) in [6.07, 6.45) is 1.58. The van der Waals surface area contributed by atoms with Gasteiger partial charge in [0.25, 0.3) is 0 Å². The van der Waals surface area contributed by atoms with Gasteiger partial charge in [0.2, 0.25) is 5.96 Å². The smallest absolute Gasteiger partial charge is 0.206 e. The minimum absolute atomic E-state index is 0.423. The molecule has 1 aromatic heterocycles. The number of aliphatic imine (C=N–C) groups is 1. The average molecular weight is 183 g/mol. The van der Waals surface area contributed by atoms with Gasteiger partial charge in [-0.1, -0.05) is 5.16 Å². The van der Waals surface area contributed by atoms with Gasteiger partial charge in [-0.15, -0.1) is 0 Å². The van der Waals surface area contributed by atoms with Gasteiger partial charge in [0.05, 0.1) is 6.20 Å². The van der Waals surface area contributed by atoms with Crippen LogP contribution in [0.25, 0.3) is 0 Å². The van der Waals surface area contributed by atoms with Gasteiger partial charge in [-0.2, -0.15) is 0 Å². The largest absolute Gasteiger partial charge is 0.359 e. The minimum atomic E-state index is 0.423. The lowest BCUT2D eigenvalue weighted by molar-refractivity contribution is 0.385. The molecule has 0 fully saturated rings. The Morgan fingerprint density at radius 2 is 2.62 bits per heavy atom. The van der Waals surface area contributed by atoms with Gasteiger partial charge in [-0.3, -0.25) is 5.43 Å². The van der Waals surface area contributed by atoms with E-state index < -0.39 is 0 Å². The van der Waals surface area contributed by atoms with E-state index in [0.29, 0.717) is 18.3 Å². The van der Waals surface area contributed by atoms with E-state index >= 15 is 0 Å². The van der Waals surface area contributed by atoms with E-state index in [0.717, 1.165) is 6.54 Å². The Morgan fingerprint density at radius 1 is 1.77 bits per heavy atom. The molecule has 0 saturated heterocycles. The number of hydrogen-bond acceptors (Lipinski definition) is 4. The van der Waals surface area contributed by atoms with Crippen molar-refractivity contribution in [2.45, 2.75) is 13.5 Å². The predicted octanol–water partition coefficient (Wildman–Crippen LogP) is -0.397. The molecule has 0 unspecified atom stereocenters. The number of hydrogen-bond donors (Lipinski definition) is 3. The third kappa shape index (κ3) is 3.12. The highest BCUT2D eigenvalue weighted by Crippen LogP contribution is 1.97. The zero-order valence-electron chi connectivity index (χ0n) is 7.45. The lowest BCUT2D eigenvalue weighted by Gasteiger charge is -2.04. The van der Waals surface area contributed by atoms with Crippen LogP contribution >= 0.6 is 0 Å². The maximum Gasteiger partial charge on any atom is 0.206 e. The fourth-order valence-electron chi connectivity index (χ4n) is 0.801. The van der Waals surface area contributed by atoms with Gasteiger partial charge in [0.15, 0.2) is 5.76 Å². The molecule has 0 aliphatic rings. The summed E-state index contributed by atoms with van der Waals surface area (Å²) in [5.74, 6) is 6.45. The average Bonchev–Trinajstić information content (AvgIpc) is 2.64. The molecular formula is C7H13N5O. The monoisotopic (exact) mass is 183 g/mol. The van der Waals surface area contributed by atoms with Crippen molar-refractivity contribution < 1.29 is 4.52 Å². The van der Waals surface area contributed by atoms with Gasteiger partial charge in [-0.25, -0.2) is 10.8 Å². The van der Waals surface area contributed by atoms with E-state index in [1.807, 2.05) is 6.92 Å². The number of hydrazine groups is 1. The van der Waals surface area contributed by atoms with Crippen LogP contribution in [0.15, 0.2) is 21.8 Å². The topological polar surface area (TPSA) is 88.5 Å². The number of rotatable bonds is 3. The molecule has 0 radical (unpaired) electrons. The van der Waals surface area contributed by atoms with Crippen molar-refractivity contribution in [3.05, 3.63) is 18.0 Å². The van der Waals surface area contributed by atoms with Crippen molar-refractivity contribution in [1.82, 2.24) is 15.9 Å². The van der Waals surface area contributed by atoms with E-state index in [1.54, 1.807) is 12.3 Å². The molecule has 4 N–H and O–H groups in total. The molecule has 1 aromatic rings. The highest BCUT2D eigenvalue weighted by atomic mass is 16.5. The molecule has 72 valence electrons. The summed E-state index contributed by atoms with van der Waals surface area (Å²) in [4.78, 5) is 4.11. The van der Waals surface area contributed by atoms with E-state index in [-0.39, 0.29) is 0 Å². The summed E-state index contributed by atoms with van der Waals surface area (Å²) < 4.78 is 4.85. The third-order valence-electron chi connectivity index (χ3n) is 1.37. The number of aromatic nitrogens is 1. The van der Waals surface area contributed by atoms with Crippen LogP contribution < -0.4 is 16.6 Å². The quantitative estimate of drug-likeness (QED) is 0.257. The van der Waals surface area contributed by atoms with Crippen molar-refractivity contribution in [2.24, 2.45) is 10.8 Å². The van der Waals surface area contributed by atoms with E-state index in [4.69, 9.17) is 10.4 Å². The second-order valence-electron chi connectivity index (χ2n) is 2.32. The number of guanidine groups is 1. The molecule has 13 heavy (non-hydrogen) atoms. The molecule has 1 rings (SSSR count). The normalized spacial score (nSPS) is 11.4. The second kappa shape index (κ2) is 5.15. The summed E-state index contributed by atoms with van der Waals surface area (Å²) in [6.45, 7) is 3.15. The number of nitrogens with one attached hydrogen (secondary N) is 2. The fourth-order valence-corrected chi connectivity index (χ4v) is 0.801. The van der Waals surface area contributed by atoms with E-state index in [9.17, 15) is 0 Å². The Kier molecular flexibility index (Phi) is 3.77. The summed E-state index contributed by atoms with van der Waals surface area (Å²) in [5.41, 5.74) is 2.44. The summed E-state index contributed by atoms with van der Waals surface area (Å²) in [5, 5.41) is 6.50. The van der Waals surface area contributed by atoms with Crippen molar-refractivity contribution in [2.75, 3.05) is 6.54 Å². The molecule has 0 atom stereocenters.